The highest BCUT2D eigenvalue weighted by Crippen LogP contribution is 2.19. The second-order valence-corrected chi connectivity index (χ2v) is 3.99. The van der Waals surface area contributed by atoms with Crippen LogP contribution in [0.3, 0.4) is 0 Å². The van der Waals surface area contributed by atoms with E-state index in [4.69, 9.17) is 17.4 Å². The Balaban J connectivity index is 2.92. The summed E-state index contributed by atoms with van der Waals surface area (Å²) >= 11 is 5.92. The summed E-state index contributed by atoms with van der Waals surface area (Å²) in [5.74, 6) is 5.52. The normalized spacial score (nSPS) is 10.1. The maximum absolute atomic E-state index is 12.1. The molecule has 94 valence electrons. The van der Waals surface area contributed by atoms with Gasteiger partial charge < -0.3 is 10.3 Å². The minimum absolute atomic E-state index is 0.0627. The van der Waals surface area contributed by atoms with Crippen molar-refractivity contribution >= 4 is 23.3 Å². The van der Waals surface area contributed by atoms with Gasteiger partial charge in [-0.1, -0.05) is 18.5 Å². The number of carbonyl (C=O) groups excluding carboxylic acids is 1. The highest BCUT2D eigenvalue weighted by molar-refractivity contribution is 6.33. The molecule has 17 heavy (non-hydrogen) atoms. The molecule has 1 amide bonds. The molecule has 3 N–H and O–H groups in total. The number of amides is 1. The van der Waals surface area contributed by atoms with Gasteiger partial charge in [-0.15, -0.1) is 0 Å². The van der Waals surface area contributed by atoms with Crippen molar-refractivity contribution in [2.75, 3.05) is 18.5 Å². The highest BCUT2D eigenvalue weighted by atomic mass is 35.5. The van der Waals surface area contributed by atoms with Gasteiger partial charge in [-0.25, -0.2) is 10.8 Å². The lowest BCUT2D eigenvalue weighted by Crippen LogP contribution is -2.31. The Kier molecular flexibility index (Phi) is 5.18. The highest BCUT2D eigenvalue weighted by Gasteiger charge is 2.15. The van der Waals surface area contributed by atoms with Crippen LogP contribution in [-0.4, -0.2) is 28.9 Å². The average molecular weight is 257 g/mol. The fraction of sp³-hybridized carbons (Fsp3) is 0.455. The van der Waals surface area contributed by atoms with Crippen LogP contribution in [0.4, 0.5) is 5.82 Å². The smallest absolute Gasteiger partial charge is 0.255 e. The van der Waals surface area contributed by atoms with Crippen molar-refractivity contribution in [2.24, 2.45) is 5.84 Å². The zero-order valence-corrected chi connectivity index (χ0v) is 10.8. The van der Waals surface area contributed by atoms with E-state index in [0.29, 0.717) is 22.9 Å². The van der Waals surface area contributed by atoms with Crippen LogP contribution >= 0.6 is 11.6 Å². The molecule has 1 aromatic rings. The quantitative estimate of drug-likeness (QED) is 0.623. The topological polar surface area (TPSA) is 71.2 Å². The van der Waals surface area contributed by atoms with E-state index >= 15 is 0 Å². The number of pyridine rings is 1. The molecule has 0 radical (unpaired) electrons. The van der Waals surface area contributed by atoms with Crippen molar-refractivity contribution in [2.45, 2.75) is 20.3 Å². The molecule has 0 unspecified atom stereocenters. The molecule has 0 bridgehead atoms. The van der Waals surface area contributed by atoms with Gasteiger partial charge in [-0.05, 0) is 19.4 Å². The summed E-state index contributed by atoms with van der Waals surface area (Å²) in [6, 6.07) is 1.57. The number of rotatable bonds is 5. The van der Waals surface area contributed by atoms with Gasteiger partial charge in [0.1, 0.15) is 0 Å². The molecule has 1 rings (SSSR count). The first-order valence-corrected chi connectivity index (χ1v) is 5.93. The Labute approximate surface area is 106 Å². The van der Waals surface area contributed by atoms with Crippen molar-refractivity contribution in [3.63, 3.8) is 0 Å². The number of nitrogen functional groups attached to an aromatic ring is 1. The average Bonchev–Trinajstić information content (AvgIpc) is 2.35. The molecule has 6 heteroatoms. The maximum atomic E-state index is 12.1. The van der Waals surface area contributed by atoms with Gasteiger partial charge in [0.15, 0.2) is 5.82 Å². The molecule has 5 nitrogen and oxygen atoms in total. The van der Waals surface area contributed by atoms with E-state index in [2.05, 4.69) is 10.4 Å². The SMILES string of the molecule is CCCN(CC)C(=O)c1cnc(NN)c(Cl)c1. The van der Waals surface area contributed by atoms with E-state index in [9.17, 15) is 4.79 Å². The van der Waals surface area contributed by atoms with Crippen molar-refractivity contribution in [3.05, 3.63) is 22.8 Å². The molecule has 0 spiro atoms. The third kappa shape index (κ3) is 3.31. The van der Waals surface area contributed by atoms with E-state index in [1.165, 1.54) is 6.20 Å². The molecular weight excluding hydrogens is 240 g/mol. The predicted molar refractivity (Wildman–Crippen MR) is 68.9 cm³/mol. The van der Waals surface area contributed by atoms with Crippen LogP contribution in [0.5, 0.6) is 0 Å². The van der Waals surface area contributed by atoms with E-state index in [0.717, 1.165) is 13.0 Å². The van der Waals surface area contributed by atoms with Crippen LogP contribution < -0.4 is 11.3 Å². The number of hydrogen-bond donors (Lipinski definition) is 2. The number of aromatic nitrogens is 1. The standard InChI is InChI=1S/C11H17ClN4O/c1-3-5-16(4-2)11(17)8-6-9(12)10(15-13)14-7-8/h6-7H,3-5,13H2,1-2H3,(H,14,15). The van der Waals surface area contributed by atoms with Crippen LogP contribution in [-0.2, 0) is 0 Å². The molecule has 0 aliphatic carbocycles. The van der Waals surface area contributed by atoms with Gasteiger partial charge in [0.2, 0.25) is 0 Å². The van der Waals surface area contributed by atoms with Crippen molar-refractivity contribution in [1.82, 2.24) is 9.88 Å². The van der Waals surface area contributed by atoms with E-state index in [-0.39, 0.29) is 5.91 Å². The number of nitrogens with one attached hydrogen (secondary N) is 1. The number of nitrogens with zero attached hydrogens (tertiary/aromatic N) is 2. The lowest BCUT2D eigenvalue weighted by atomic mass is 10.2. The van der Waals surface area contributed by atoms with Crippen molar-refractivity contribution in [1.29, 1.82) is 0 Å². The third-order valence-electron chi connectivity index (χ3n) is 2.39. The number of carbonyl (C=O) groups is 1. The molecule has 0 aliphatic heterocycles. The number of hydrogen-bond acceptors (Lipinski definition) is 4. The molecule has 1 aromatic heterocycles. The summed E-state index contributed by atoms with van der Waals surface area (Å²) in [5.41, 5.74) is 2.84. The zero-order chi connectivity index (χ0) is 12.8. The largest absolute Gasteiger partial charge is 0.339 e. The minimum atomic E-state index is -0.0627. The molecular formula is C11H17ClN4O. The van der Waals surface area contributed by atoms with Gasteiger partial charge in [-0.3, -0.25) is 4.79 Å². The van der Waals surface area contributed by atoms with Gasteiger partial charge in [-0.2, -0.15) is 0 Å². The fourth-order valence-electron chi connectivity index (χ4n) is 1.52. The fourth-order valence-corrected chi connectivity index (χ4v) is 1.74. The second kappa shape index (κ2) is 6.42. The lowest BCUT2D eigenvalue weighted by molar-refractivity contribution is 0.0764. The van der Waals surface area contributed by atoms with Crippen LogP contribution in [0.25, 0.3) is 0 Å². The van der Waals surface area contributed by atoms with E-state index < -0.39 is 0 Å². The molecule has 0 saturated heterocycles. The molecule has 0 aliphatic rings. The summed E-state index contributed by atoms with van der Waals surface area (Å²) in [6.45, 7) is 5.37. The maximum Gasteiger partial charge on any atom is 0.255 e. The summed E-state index contributed by atoms with van der Waals surface area (Å²) in [5, 5.41) is 0.339. The predicted octanol–water partition coefficient (Wildman–Crippen LogP) is 1.89. The summed E-state index contributed by atoms with van der Waals surface area (Å²) in [6.07, 6.45) is 2.39. The number of halogens is 1. The Morgan fingerprint density at radius 3 is 2.76 bits per heavy atom. The first kappa shape index (κ1) is 13.7. The van der Waals surface area contributed by atoms with Crippen LogP contribution in [0.2, 0.25) is 5.02 Å². The molecule has 0 atom stereocenters. The van der Waals surface area contributed by atoms with Crippen molar-refractivity contribution in [3.8, 4) is 0 Å². The summed E-state index contributed by atoms with van der Waals surface area (Å²) in [4.78, 5) is 17.8. The monoisotopic (exact) mass is 256 g/mol. The zero-order valence-electron chi connectivity index (χ0n) is 10.0. The van der Waals surface area contributed by atoms with E-state index in [1.807, 2.05) is 13.8 Å². The van der Waals surface area contributed by atoms with Crippen LogP contribution in [0, 0.1) is 0 Å². The van der Waals surface area contributed by atoms with Crippen LogP contribution in [0.15, 0.2) is 12.3 Å². The Bertz CT molecular complexity index is 397. The minimum Gasteiger partial charge on any atom is -0.339 e. The second-order valence-electron chi connectivity index (χ2n) is 3.58. The van der Waals surface area contributed by atoms with Gasteiger partial charge in [0.05, 0.1) is 10.6 Å². The molecule has 1 heterocycles. The van der Waals surface area contributed by atoms with Crippen molar-refractivity contribution < 1.29 is 4.79 Å². The van der Waals surface area contributed by atoms with Crippen LogP contribution in [0.1, 0.15) is 30.6 Å². The molecule has 0 saturated carbocycles. The van der Waals surface area contributed by atoms with Gasteiger partial charge in [0.25, 0.3) is 5.91 Å². The number of hydrazine groups is 1. The van der Waals surface area contributed by atoms with Gasteiger partial charge in [0, 0.05) is 19.3 Å². The lowest BCUT2D eigenvalue weighted by Gasteiger charge is -2.20. The summed E-state index contributed by atoms with van der Waals surface area (Å²) in [7, 11) is 0. The molecule has 0 fully saturated rings. The van der Waals surface area contributed by atoms with E-state index in [1.54, 1.807) is 11.0 Å². The molecule has 0 aromatic carbocycles. The van der Waals surface area contributed by atoms with Gasteiger partial charge >= 0.3 is 0 Å². The third-order valence-corrected chi connectivity index (χ3v) is 2.68. The Morgan fingerprint density at radius 2 is 2.29 bits per heavy atom. The Hall–Kier alpha value is -1.33. The summed E-state index contributed by atoms with van der Waals surface area (Å²) < 4.78 is 0. The number of anilines is 1. The first-order chi connectivity index (χ1) is 8.13. The Morgan fingerprint density at radius 1 is 1.59 bits per heavy atom. The first-order valence-electron chi connectivity index (χ1n) is 5.55. The number of nitrogens with two attached hydrogens (primary N) is 1.